The highest BCUT2D eigenvalue weighted by Gasteiger charge is 2.46. The van der Waals surface area contributed by atoms with Crippen LogP contribution in [-0.4, -0.2) is 6.71 Å². The molecule has 3 heterocycles. The average Bonchev–Trinajstić information content (AvgIpc) is 0.809. The zero-order valence-electron chi connectivity index (χ0n) is 51.3. The van der Waals surface area contributed by atoms with Gasteiger partial charge in [-0.3, -0.25) is 0 Å². The molecule has 0 saturated carbocycles. The molecule has 0 unspecified atom stereocenters. The number of hydrogen-bond donors (Lipinski definition) is 0. The van der Waals surface area contributed by atoms with Crippen molar-refractivity contribution in [1.29, 1.82) is 0 Å². The molecule has 0 N–H and O–H groups in total. The van der Waals surface area contributed by atoms with Crippen molar-refractivity contribution in [2.75, 3.05) is 14.7 Å². The van der Waals surface area contributed by atoms with Crippen LogP contribution in [-0.2, 0) is 21.7 Å². The molecule has 86 heavy (non-hydrogen) atoms. The van der Waals surface area contributed by atoms with Gasteiger partial charge in [0.1, 0.15) is 11.2 Å². The zero-order chi connectivity index (χ0) is 59.2. The van der Waals surface area contributed by atoms with E-state index in [0.717, 1.165) is 61.5 Å². The summed E-state index contributed by atoms with van der Waals surface area (Å²) in [5.41, 5.74) is 29.4. The number of nitrogens with zero attached hydrogens (tertiary/aromatic N) is 3. The Balaban J connectivity index is 1.01. The van der Waals surface area contributed by atoms with E-state index in [1.807, 2.05) is 0 Å². The Morgan fingerprint density at radius 1 is 0.384 bits per heavy atom. The van der Waals surface area contributed by atoms with Crippen molar-refractivity contribution >= 4 is 96.2 Å². The highest BCUT2D eigenvalue weighted by molar-refractivity contribution is 7.00. The number of rotatable bonds is 7. The van der Waals surface area contributed by atoms with Gasteiger partial charge in [0.05, 0.1) is 5.69 Å². The zero-order valence-corrected chi connectivity index (χ0v) is 51.3. The van der Waals surface area contributed by atoms with E-state index in [9.17, 15) is 0 Å². The first-order valence-corrected chi connectivity index (χ1v) is 30.7. The summed E-state index contributed by atoms with van der Waals surface area (Å²) in [7, 11) is 0. The molecule has 12 aromatic rings. The van der Waals surface area contributed by atoms with E-state index in [-0.39, 0.29) is 28.4 Å². The molecule has 3 aliphatic rings. The molecule has 5 heteroatoms. The van der Waals surface area contributed by atoms with Gasteiger partial charge in [-0.2, -0.15) is 0 Å². The van der Waals surface area contributed by atoms with Crippen molar-refractivity contribution < 1.29 is 4.42 Å². The molecule has 0 bridgehead atoms. The Morgan fingerprint density at radius 3 is 1.71 bits per heavy atom. The highest BCUT2D eigenvalue weighted by atomic mass is 16.3. The predicted octanol–water partition coefficient (Wildman–Crippen LogP) is 20.7. The van der Waals surface area contributed by atoms with Gasteiger partial charge in [-0.25, -0.2) is 0 Å². The van der Waals surface area contributed by atoms with Gasteiger partial charge in [-0.1, -0.05) is 222 Å². The van der Waals surface area contributed by atoms with Crippen molar-refractivity contribution in [3.63, 3.8) is 0 Å². The molecular formula is C81H72BN3O. The summed E-state index contributed by atoms with van der Waals surface area (Å²) in [5, 5.41) is 2.26. The molecule has 2 aliphatic heterocycles. The molecular weight excluding hydrogens is 1040 g/mol. The van der Waals surface area contributed by atoms with Crippen LogP contribution in [0.15, 0.2) is 241 Å². The minimum absolute atomic E-state index is 0.0554. The van der Waals surface area contributed by atoms with Crippen LogP contribution in [0.2, 0.25) is 0 Å². The molecule has 0 radical (unpaired) electrons. The molecule has 0 amide bonds. The van der Waals surface area contributed by atoms with Crippen molar-refractivity contribution in [2.45, 2.75) is 97.8 Å². The fourth-order valence-electron chi connectivity index (χ4n) is 14.3. The lowest BCUT2D eigenvalue weighted by Gasteiger charge is -2.46. The number of furan rings is 1. The van der Waals surface area contributed by atoms with Crippen LogP contribution in [0.25, 0.3) is 55.3 Å². The lowest BCUT2D eigenvalue weighted by Crippen LogP contribution is -2.61. The first kappa shape index (κ1) is 53.4. The topological polar surface area (TPSA) is 22.9 Å². The van der Waals surface area contributed by atoms with E-state index >= 15 is 0 Å². The van der Waals surface area contributed by atoms with Crippen LogP contribution in [0, 0.1) is 0 Å². The van der Waals surface area contributed by atoms with Gasteiger partial charge in [0, 0.05) is 67.2 Å². The van der Waals surface area contributed by atoms with E-state index < -0.39 is 0 Å². The molecule has 0 fully saturated rings. The van der Waals surface area contributed by atoms with Gasteiger partial charge in [-0.15, -0.1) is 0 Å². The van der Waals surface area contributed by atoms with E-state index in [4.69, 9.17) is 4.42 Å². The fraction of sp³-hybridized carbons (Fsp3) is 0.185. The quantitative estimate of drug-likeness (QED) is 0.148. The summed E-state index contributed by atoms with van der Waals surface area (Å²) in [6, 6.07) is 89.2. The maximum absolute atomic E-state index is 6.46. The average molecular weight is 1110 g/mol. The Morgan fingerprint density at radius 2 is 0.977 bits per heavy atom. The monoisotopic (exact) mass is 1110 g/mol. The van der Waals surface area contributed by atoms with Crippen LogP contribution in [0.3, 0.4) is 0 Å². The second-order valence-electron chi connectivity index (χ2n) is 27.8. The third kappa shape index (κ3) is 8.48. The van der Waals surface area contributed by atoms with Crippen molar-refractivity contribution in [3.05, 3.63) is 264 Å². The number of anilines is 9. The van der Waals surface area contributed by atoms with Gasteiger partial charge in [-0.05, 0) is 179 Å². The molecule has 1 aliphatic carbocycles. The van der Waals surface area contributed by atoms with E-state index in [0.29, 0.717) is 0 Å². The van der Waals surface area contributed by atoms with E-state index in [1.165, 1.54) is 89.2 Å². The SMILES string of the molecule is CC(C)(C)c1ccc2c(c1)B1c3ccc(N(c4ccccc4)c4ccc(C(C)(C)C)cc4-c4ccccc4)cc3N(c3ccc(-c4cccc5oc6ccccc6c45)cc3)c3cc(C(C)(C)C)cc(c31)N2c1ccc2c(c1)C(C)(C)c1ccccc1-2. The Labute approximate surface area is 508 Å². The smallest absolute Gasteiger partial charge is 0.252 e. The first-order valence-electron chi connectivity index (χ1n) is 30.7. The van der Waals surface area contributed by atoms with Crippen LogP contribution in [0.5, 0.6) is 0 Å². The second kappa shape index (κ2) is 19.4. The van der Waals surface area contributed by atoms with E-state index in [2.05, 4.69) is 327 Å². The Kier molecular flexibility index (Phi) is 12.0. The molecule has 15 rings (SSSR count). The lowest BCUT2D eigenvalue weighted by atomic mass is 9.33. The summed E-state index contributed by atoms with van der Waals surface area (Å²) in [6.45, 7) is 25.8. The third-order valence-corrected chi connectivity index (χ3v) is 18.9. The summed E-state index contributed by atoms with van der Waals surface area (Å²) in [6.07, 6.45) is 0. The Bertz CT molecular complexity index is 4680. The normalized spacial score (nSPS) is 14.0. The molecule has 11 aromatic carbocycles. The van der Waals surface area contributed by atoms with Gasteiger partial charge in [0.2, 0.25) is 0 Å². The summed E-state index contributed by atoms with van der Waals surface area (Å²) < 4.78 is 6.46. The van der Waals surface area contributed by atoms with Gasteiger partial charge < -0.3 is 19.1 Å². The number of fused-ring (bicyclic) bond motifs is 10. The fourth-order valence-corrected chi connectivity index (χ4v) is 14.3. The minimum Gasteiger partial charge on any atom is -0.456 e. The summed E-state index contributed by atoms with van der Waals surface area (Å²) >= 11 is 0. The molecule has 4 nitrogen and oxygen atoms in total. The van der Waals surface area contributed by atoms with Crippen LogP contribution in [0.1, 0.15) is 104 Å². The van der Waals surface area contributed by atoms with E-state index in [1.54, 1.807) is 0 Å². The van der Waals surface area contributed by atoms with Crippen molar-refractivity contribution in [2.24, 2.45) is 0 Å². The number of para-hydroxylation sites is 2. The largest absolute Gasteiger partial charge is 0.456 e. The summed E-state index contributed by atoms with van der Waals surface area (Å²) in [5.74, 6) is 0. The Hall–Kier alpha value is -9.32. The van der Waals surface area contributed by atoms with Crippen LogP contribution >= 0.6 is 0 Å². The highest BCUT2D eigenvalue weighted by Crippen LogP contribution is 2.53. The van der Waals surface area contributed by atoms with Gasteiger partial charge >= 0.3 is 0 Å². The molecule has 0 saturated heterocycles. The predicted molar refractivity (Wildman–Crippen MR) is 367 cm³/mol. The second-order valence-corrected chi connectivity index (χ2v) is 27.8. The standard InChI is InChI=1S/C81H72BN3O/c1-78(2,3)53-35-43-69(64(45-53)51-23-14-12-15-24-51)83(56-25-16-13-17-26-56)59-40-42-67-71(50-59)84(57-37-33-52(34-38-57)60-29-22-32-75-76(60)63-28-19-21-31-74(63)86-75)72-47-55(80(7,8)9)48-73-77(72)82(67)68-46-54(79(4,5)6)36-44-70(68)85(73)58-39-41-62-61-27-18-20-30-65(61)81(10,11)66(62)49-58/h12-50H,1-11H3. The molecule has 420 valence electrons. The van der Waals surface area contributed by atoms with Crippen LogP contribution < -0.4 is 31.1 Å². The summed E-state index contributed by atoms with van der Waals surface area (Å²) in [4.78, 5) is 7.70. The molecule has 1 aromatic heterocycles. The maximum atomic E-state index is 6.46. The maximum Gasteiger partial charge on any atom is 0.252 e. The third-order valence-electron chi connectivity index (χ3n) is 18.9. The number of hydrogen-bond acceptors (Lipinski definition) is 4. The van der Waals surface area contributed by atoms with Gasteiger partial charge in [0.15, 0.2) is 0 Å². The van der Waals surface area contributed by atoms with Gasteiger partial charge in [0.25, 0.3) is 6.71 Å². The van der Waals surface area contributed by atoms with Crippen molar-refractivity contribution in [1.82, 2.24) is 0 Å². The number of benzene rings is 11. The van der Waals surface area contributed by atoms with Crippen LogP contribution in [0.4, 0.5) is 51.2 Å². The molecule has 0 atom stereocenters. The lowest BCUT2D eigenvalue weighted by molar-refractivity contribution is 0.590. The van der Waals surface area contributed by atoms with Crippen molar-refractivity contribution in [3.8, 4) is 33.4 Å². The minimum atomic E-state index is -0.203. The first-order chi connectivity index (χ1) is 41.3. The molecule has 0 spiro atoms.